The van der Waals surface area contributed by atoms with Gasteiger partial charge in [-0.15, -0.1) is 0 Å². The van der Waals surface area contributed by atoms with Gasteiger partial charge < -0.3 is 15.0 Å². The molecule has 0 radical (unpaired) electrons. The number of piperidine rings is 1. The molecule has 1 aromatic carbocycles. The summed E-state index contributed by atoms with van der Waals surface area (Å²) in [4.78, 5) is 24.8. The summed E-state index contributed by atoms with van der Waals surface area (Å²) in [5.74, 6) is 0.459. The number of hydrogen-bond donors (Lipinski definition) is 1. The van der Waals surface area contributed by atoms with Gasteiger partial charge in [0.15, 0.2) is 0 Å². The van der Waals surface area contributed by atoms with Crippen molar-refractivity contribution >= 4 is 18.0 Å². The Balaban J connectivity index is 2.09. The average Bonchev–Trinajstić information content (AvgIpc) is 2.47. The second kappa shape index (κ2) is 6.22. The Kier molecular flexibility index (Phi) is 4.39. The van der Waals surface area contributed by atoms with Gasteiger partial charge in [0.25, 0.3) is 0 Å². The predicted octanol–water partition coefficient (Wildman–Crippen LogP) is 1.64. The Morgan fingerprint density at radius 1 is 1.42 bits per heavy atom. The molecule has 2 rings (SSSR count). The molecular formula is C14H18N2O3. The lowest BCUT2D eigenvalue weighted by molar-refractivity contribution is -0.131. The SMILES string of the molecule is COc1ccccc1NC(=O)[C@@H]1CCCCN1C=O. The zero-order chi connectivity index (χ0) is 13.7. The van der Waals surface area contributed by atoms with Crippen molar-refractivity contribution in [2.24, 2.45) is 0 Å². The lowest BCUT2D eigenvalue weighted by Crippen LogP contribution is -2.46. The van der Waals surface area contributed by atoms with E-state index in [1.165, 1.54) is 0 Å². The highest BCUT2D eigenvalue weighted by molar-refractivity contribution is 5.97. The molecule has 19 heavy (non-hydrogen) atoms. The second-order valence-electron chi connectivity index (χ2n) is 4.54. The smallest absolute Gasteiger partial charge is 0.247 e. The first-order valence-corrected chi connectivity index (χ1v) is 6.41. The molecule has 1 saturated heterocycles. The zero-order valence-corrected chi connectivity index (χ0v) is 11.0. The molecule has 1 heterocycles. The fraction of sp³-hybridized carbons (Fsp3) is 0.429. The molecule has 0 aliphatic carbocycles. The minimum atomic E-state index is -0.379. The number of carbonyl (C=O) groups is 2. The molecule has 1 atom stereocenters. The van der Waals surface area contributed by atoms with E-state index in [0.29, 0.717) is 24.4 Å². The summed E-state index contributed by atoms with van der Waals surface area (Å²) in [6.07, 6.45) is 3.39. The van der Waals surface area contributed by atoms with Crippen LogP contribution >= 0.6 is 0 Å². The van der Waals surface area contributed by atoms with E-state index in [9.17, 15) is 9.59 Å². The van der Waals surface area contributed by atoms with Gasteiger partial charge in [0.2, 0.25) is 12.3 Å². The van der Waals surface area contributed by atoms with Crippen LogP contribution < -0.4 is 10.1 Å². The maximum Gasteiger partial charge on any atom is 0.247 e. The number of nitrogens with zero attached hydrogens (tertiary/aromatic N) is 1. The van der Waals surface area contributed by atoms with Crippen LogP contribution in [0.3, 0.4) is 0 Å². The van der Waals surface area contributed by atoms with Gasteiger partial charge in [0.1, 0.15) is 11.8 Å². The Labute approximate surface area is 112 Å². The lowest BCUT2D eigenvalue weighted by atomic mass is 10.0. The van der Waals surface area contributed by atoms with Crippen molar-refractivity contribution in [2.75, 3.05) is 19.0 Å². The van der Waals surface area contributed by atoms with Crippen molar-refractivity contribution in [1.29, 1.82) is 0 Å². The normalized spacial score (nSPS) is 18.8. The second-order valence-corrected chi connectivity index (χ2v) is 4.54. The summed E-state index contributed by atoms with van der Waals surface area (Å²) in [6, 6.07) is 6.86. The van der Waals surface area contributed by atoms with Gasteiger partial charge in [-0.25, -0.2) is 0 Å². The molecule has 0 unspecified atom stereocenters. The first-order chi connectivity index (χ1) is 9.26. The summed E-state index contributed by atoms with van der Waals surface area (Å²) in [5.41, 5.74) is 0.631. The molecule has 1 N–H and O–H groups in total. The molecule has 0 saturated carbocycles. The molecule has 5 heteroatoms. The fourth-order valence-electron chi connectivity index (χ4n) is 2.33. The number of benzene rings is 1. The maximum absolute atomic E-state index is 12.2. The lowest BCUT2D eigenvalue weighted by Gasteiger charge is -2.31. The molecule has 1 aliphatic rings. The van der Waals surface area contributed by atoms with Crippen LogP contribution in [0.1, 0.15) is 19.3 Å². The molecule has 5 nitrogen and oxygen atoms in total. The first kappa shape index (κ1) is 13.4. The Hall–Kier alpha value is -2.04. The van der Waals surface area contributed by atoms with E-state index in [0.717, 1.165) is 19.3 Å². The summed E-state index contributed by atoms with van der Waals surface area (Å²) in [5, 5.41) is 2.83. The minimum Gasteiger partial charge on any atom is -0.495 e. The third-order valence-corrected chi connectivity index (χ3v) is 3.35. The van der Waals surface area contributed by atoms with E-state index in [4.69, 9.17) is 4.74 Å². The van der Waals surface area contributed by atoms with E-state index >= 15 is 0 Å². The number of para-hydroxylation sites is 2. The number of likely N-dealkylation sites (tertiary alicyclic amines) is 1. The molecule has 102 valence electrons. The number of rotatable bonds is 4. The summed E-state index contributed by atoms with van der Waals surface area (Å²) in [6.45, 7) is 0.646. The van der Waals surface area contributed by atoms with Crippen LogP contribution in [0.2, 0.25) is 0 Å². The molecule has 1 aromatic rings. The first-order valence-electron chi connectivity index (χ1n) is 6.41. The Bertz CT molecular complexity index is 462. The van der Waals surface area contributed by atoms with Crippen LogP contribution in [0.25, 0.3) is 0 Å². The number of hydrogen-bond acceptors (Lipinski definition) is 3. The number of anilines is 1. The Morgan fingerprint density at radius 2 is 2.21 bits per heavy atom. The van der Waals surface area contributed by atoms with Crippen molar-refractivity contribution < 1.29 is 14.3 Å². The predicted molar refractivity (Wildman–Crippen MR) is 72.0 cm³/mol. The monoisotopic (exact) mass is 262 g/mol. The topological polar surface area (TPSA) is 58.6 Å². The van der Waals surface area contributed by atoms with Gasteiger partial charge in [-0.1, -0.05) is 12.1 Å². The third-order valence-electron chi connectivity index (χ3n) is 3.35. The van der Waals surface area contributed by atoms with E-state index < -0.39 is 0 Å². The fourth-order valence-corrected chi connectivity index (χ4v) is 2.33. The number of nitrogens with one attached hydrogen (secondary N) is 1. The van der Waals surface area contributed by atoms with Gasteiger partial charge in [-0.05, 0) is 31.4 Å². The molecule has 2 amide bonds. The van der Waals surface area contributed by atoms with Gasteiger partial charge in [-0.2, -0.15) is 0 Å². The molecule has 1 aliphatic heterocycles. The van der Waals surface area contributed by atoms with Crippen molar-refractivity contribution in [3.63, 3.8) is 0 Å². The highest BCUT2D eigenvalue weighted by Gasteiger charge is 2.27. The van der Waals surface area contributed by atoms with Crippen molar-refractivity contribution in [3.05, 3.63) is 24.3 Å². The van der Waals surface area contributed by atoms with Crippen molar-refractivity contribution in [1.82, 2.24) is 4.90 Å². The zero-order valence-electron chi connectivity index (χ0n) is 11.0. The average molecular weight is 262 g/mol. The highest BCUT2D eigenvalue weighted by atomic mass is 16.5. The van der Waals surface area contributed by atoms with E-state index in [1.807, 2.05) is 12.1 Å². The number of methoxy groups -OCH3 is 1. The minimum absolute atomic E-state index is 0.156. The van der Waals surface area contributed by atoms with Gasteiger partial charge >= 0.3 is 0 Å². The maximum atomic E-state index is 12.2. The van der Waals surface area contributed by atoms with Crippen LogP contribution in [-0.4, -0.2) is 36.9 Å². The number of ether oxygens (including phenoxy) is 1. The summed E-state index contributed by atoms with van der Waals surface area (Å²) in [7, 11) is 1.56. The Morgan fingerprint density at radius 3 is 2.95 bits per heavy atom. The molecule has 0 bridgehead atoms. The number of carbonyl (C=O) groups excluding carboxylic acids is 2. The standard InChI is InChI=1S/C14H18N2O3/c1-19-13-8-3-2-6-11(13)15-14(18)12-7-4-5-9-16(12)10-17/h2-3,6,8,10,12H,4-5,7,9H2,1H3,(H,15,18)/t12-/m0/s1. The van der Waals surface area contributed by atoms with Crippen molar-refractivity contribution in [2.45, 2.75) is 25.3 Å². The largest absolute Gasteiger partial charge is 0.495 e. The molecule has 0 spiro atoms. The van der Waals surface area contributed by atoms with Crippen LogP contribution in [-0.2, 0) is 9.59 Å². The van der Waals surface area contributed by atoms with E-state index in [2.05, 4.69) is 5.32 Å². The van der Waals surface area contributed by atoms with Crippen LogP contribution in [0.15, 0.2) is 24.3 Å². The summed E-state index contributed by atoms with van der Waals surface area (Å²) >= 11 is 0. The van der Waals surface area contributed by atoms with Gasteiger partial charge in [0, 0.05) is 6.54 Å². The molecule has 0 aromatic heterocycles. The number of amides is 2. The van der Waals surface area contributed by atoms with Crippen LogP contribution in [0.5, 0.6) is 5.75 Å². The van der Waals surface area contributed by atoms with E-state index in [-0.39, 0.29) is 11.9 Å². The molecular weight excluding hydrogens is 244 g/mol. The molecule has 1 fully saturated rings. The van der Waals surface area contributed by atoms with Gasteiger partial charge in [-0.3, -0.25) is 9.59 Å². The quantitative estimate of drug-likeness (QED) is 0.839. The van der Waals surface area contributed by atoms with Crippen molar-refractivity contribution in [3.8, 4) is 5.75 Å². The van der Waals surface area contributed by atoms with Gasteiger partial charge in [0.05, 0.1) is 12.8 Å². The summed E-state index contributed by atoms with van der Waals surface area (Å²) < 4.78 is 5.19. The third kappa shape index (κ3) is 3.05. The van der Waals surface area contributed by atoms with Crippen LogP contribution in [0, 0.1) is 0 Å². The van der Waals surface area contributed by atoms with Crippen LogP contribution in [0.4, 0.5) is 5.69 Å². The van der Waals surface area contributed by atoms with E-state index in [1.54, 1.807) is 24.1 Å². The highest BCUT2D eigenvalue weighted by Crippen LogP contribution is 2.24.